The van der Waals surface area contributed by atoms with Gasteiger partial charge in [0.2, 0.25) is 12.8 Å². The number of amides is 2. The molecular weight excluding hydrogens is 148 g/mol. The lowest BCUT2D eigenvalue weighted by Gasteiger charge is -2.27. The van der Waals surface area contributed by atoms with Gasteiger partial charge in [-0.3, -0.25) is 9.59 Å². The van der Waals surface area contributed by atoms with Crippen LogP contribution in [0.3, 0.4) is 0 Å². The van der Waals surface area contributed by atoms with Gasteiger partial charge in [0.05, 0.1) is 5.60 Å². The first-order valence-electron chi connectivity index (χ1n) is 3.14. The number of rotatable bonds is 5. The van der Waals surface area contributed by atoms with Gasteiger partial charge in [0.1, 0.15) is 6.17 Å². The first kappa shape index (κ1) is 9.90. The van der Waals surface area contributed by atoms with E-state index in [1.807, 2.05) is 0 Å². The molecule has 0 aliphatic carbocycles. The van der Waals surface area contributed by atoms with Gasteiger partial charge in [-0.05, 0) is 13.8 Å². The molecule has 64 valence electrons. The van der Waals surface area contributed by atoms with E-state index in [0.717, 1.165) is 0 Å². The van der Waals surface area contributed by atoms with Crippen LogP contribution in [0.25, 0.3) is 0 Å². The smallest absolute Gasteiger partial charge is 0.208 e. The zero-order valence-electron chi connectivity index (χ0n) is 6.50. The highest BCUT2D eigenvalue weighted by molar-refractivity contribution is 5.51. The highest BCUT2D eigenvalue weighted by atomic mass is 16.3. The molecule has 0 rings (SSSR count). The quantitative estimate of drug-likeness (QED) is 0.341. The molecule has 3 N–H and O–H groups in total. The van der Waals surface area contributed by atoms with Gasteiger partial charge in [-0.25, -0.2) is 0 Å². The lowest BCUT2D eigenvalue weighted by Crippen LogP contribution is -2.55. The van der Waals surface area contributed by atoms with Gasteiger partial charge < -0.3 is 15.7 Å². The average molecular weight is 160 g/mol. The Hall–Kier alpha value is -1.10. The topological polar surface area (TPSA) is 78.4 Å². The first-order chi connectivity index (χ1) is 5.02. The summed E-state index contributed by atoms with van der Waals surface area (Å²) in [5, 5.41) is 13.8. The number of aliphatic hydroxyl groups is 1. The van der Waals surface area contributed by atoms with Crippen LogP contribution >= 0.6 is 0 Å². The van der Waals surface area contributed by atoms with Crippen molar-refractivity contribution in [1.82, 2.24) is 10.6 Å². The second kappa shape index (κ2) is 3.92. The van der Waals surface area contributed by atoms with Crippen molar-refractivity contribution in [2.75, 3.05) is 0 Å². The fourth-order valence-corrected chi connectivity index (χ4v) is 0.592. The minimum Gasteiger partial charge on any atom is -0.386 e. The Kier molecular flexibility index (Phi) is 3.53. The number of hydrogen-bond donors (Lipinski definition) is 3. The summed E-state index contributed by atoms with van der Waals surface area (Å²) >= 11 is 0. The molecule has 5 nitrogen and oxygen atoms in total. The largest absolute Gasteiger partial charge is 0.386 e. The summed E-state index contributed by atoms with van der Waals surface area (Å²) < 4.78 is 0. The third-order valence-electron chi connectivity index (χ3n) is 1.18. The van der Waals surface area contributed by atoms with Gasteiger partial charge in [0.15, 0.2) is 0 Å². The van der Waals surface area contributed by atoms with Crippen molar-refractivity contribution in [2.24, 2.45) is 0 Å². The van der Waals surface area contributed by atoms with Crippen LogP contribution in [0.1, 0.15) is 13.8 Å². The predicted molar refractivity (Wildman–Crippen MR) is 38.5 cm³/mol. The molecular formula is C6H12N2O3. The molecule has 5 heteroatoms. The molecule has 0 aliphatic heterocycles. The molecule has 0 saturated heterocycles. The summed E-state index contributed by atoms with van der Waals surface area (Å²) in [6, 6.07) is 0. The number of hydrogen-bond acceptors (Lipinski definition) is 3. The van der Waals surface area contributed by atoms with E-state index in [1.165, 1.54) is 13.8 Å². The minimum atomic E-state index is -1.16. The Morgan fingerprint density at radius 1 is 1.27 bits per heavy atom. The Labute approximate surface area is 64.8 Å². The number of carbonyl (C=O) groups excluding carboxylic acids is 2. The number of nitrogens with one attached hydrogen (secondary N) is 2. The zero-order chi connectivity index (χ0) is 8.91. The van der Waals surface area contributed by atoms with E-state index in [0.29, 0.717) is 12.8 Å². The van der Waals surface area contributed by atoms with Gasteiger partial charge >= 0.3 is 0 Å². The standard InChI is InChI=1S/C6H12N2O3/c1-6(2,11)5(7-3-9)8-4-10/h3-5,11H,1-2H3,(H,7,9)(H,8,10). The van der Waals surface area contributed by atoms with E-state index >= 15 is 0 Å². The van der Waals surface area contributed by atoms with Gasteiger partial charge in [-0.1, -0.05) is 0 Å². The fraction of sp³-hybridized carbons (Fsp3) is 0.667. The monoisotopic (exact) mass is 160 g/mol. The van der Waals surface area contributed by atoms with Crippen LogP contribution in [0.5, 0.6) is 0 Å². The van der Waals surface area contributed by atoms with Crippen molar-refractivity contribution < 1.29 is 14.7 Å². The minimum absolute atomic E-state index is 0.416. The lowest BCUT2D eigenvalue weighted by molar-refractivity contribution is -0.115. The highest BCUT2D eigenvalue weighted by Crippen LogP contribution is 2.03. The number of carbonyl (C=O) groups is 2. The van der Waals surface area contributed by atoms with Crippen molar-refractivity contribution in [1.29, 1.82) is 0 Å². The molecule has 0 atom stereocenters. The van der Waals surface area contributed by atoms with E-state index in [1.54, 1.807) is 0 Å². The van der Waals surface area contributed by atoms with Crippen LogP contribution in [0.4, 0.5) is 0 Å². The Bertz CT molecular complexity index is 131. The molecule has 0 aromatic rings. The highest BCUT2D eigenvalue weighted by Gasteiger charge is 2.25. The molecule has 0 aromatic carbocycles. The van der Waals surface area contributed by atoms with E-state index in [9.17, 15) is 14.7 Å². The van der Waals surface area contributed by atoms with E-state index in [4.69, 9.17) is 0 Å². The van der Waals surface area contributed by atoms with Crippen molar-refractivity contribution in [3.05, 3.63) is 0 Å². The normalized spacial score (nSPS) is 10.9. The maximum Gasteiger partial charge on any atom is 0.208 e. The van der Waals surface area contributed by atoms with Crippen LogP contribution in [-0.4, -0.2) is 29.7 Å². The van der Waals surface area contributed by atoms with Gasteiger partial charge in [-0.2, -0.15) is 0 Å². The summed E-state index contributed by atoms with van der Waals surface area (Å²) in [6.45, 7) is 2.95. The van der Waals surface area contributed by atoms with Gasteiger partial charge in [0, 0.05) is 0 Å². The predicted octanol–water partition coefficient (Wildman–Crippen LogP) is -1.42. The molecule has 2 amide bonds. The SMILES string of the molecule is CC(C)(O)C(NC=O)NC=O. The summed E-state index contributed by atoms with van der Waals surface area (Å²) in [4.78, 5) is 19.9. The molecule has 0 aliphatic rings. The van der Waals surface area contributed by atoms with Gasteiger partial charge in [0.25, 0.3) is 0 Å². The third-order valence-corrected chi connectivity index (χ3v) is 1.18. The van der Waals surface area contributed by atoms with Crippen LogP contribution in [0.15, 0.2) is 0 Å². The van der Waals surface area contributed by atoms with Crippen molar-refractivity contribution in [2.45, 2.75) is 25.6 Å². The molecule has 0 heterocycles. The van der Waals surface area contributed by atoms with E-state index in [2.05, 4.69) is 10.6 Å². The molecule has 0 unspecified atom stereocenters. The van der Waals surface area contributed by atoms with Crippen LogP contribution < -0.4 is 10.6 Å². The molecule has 0 bridgehead atoms. The third kappa shape index (κ3) is 3.57. The van der Waals surface area contributed by atoms with Crippen LogP contribution in [0, 0.1) is 0 Å². The summed E-state index contributed by atoms with van der Waals surface area (Å²) in [5.74, 6) is 0. The van der Waals surface area contributed by atoms with Crippen molar-refractivity contribution in [3.8, 4) is 0 Å². The molecule has 0 aromatic heterocycles. The second-order valence-corrected chi connectivity index (χ2v) is 2.66. The average Bonchev–Trinajstić information content (AvgIpc) is 1.85. The first-order valence-corrected chi connectivity index (χ1v) is 3.14. The van der Waals surface area contributed by atoms with E-state index < -0.39 is 11.8 Å². The molecule has 0 radical (unpaired) electrons. The molecule has 11 heavy (non-hydrogen) atoms. The Morgan fingerprint density at radius 3 is 1.82 bits per heavy atom. The molecule has 0 fully saturated rings. The molecule has 0 saturated carbocycles. The van der Waals surface area contributed by atoms with Gasteiger partial charge in [-0.15, -0.1) is 0 Å². The maximum absolute atomic E-state index is 9.96. The second-order valence-electron chi connectivity index (χ2n) is 2.66. The van der Waals surface area contributed by atoms with Crippen molar-refractivity contribution >= 4 is 12.8 Å². The maximum atomic E-state index is 9.96. The molecule has 0 spiro atoms. The Morgan fingerprint density at radius 2 is 1.64 bits per heavy atom. The van der Waals surface area contributed by atoms with Crippen LogP contribution in [-0.2, 0) is 9.59 Å². The Balaban J connectivity index is 4.08. The van der Waals surface area contributed by atoms with E-state index in [-0.39, 0.29) is 0 Å². The summed E-state index contributed by atoms with van der Waals surface area (Å²) in [7, 11) is 0. The summed E-state index contributed by atoms with van der Waals surface area (Å²) in [5.41, 5.74) is -1.16. The lowest BCUT2D eigenvalue weighted by atomic mass is 10.1. The van der Waals surface area contributed by atoms with Crippen molar-refractivity contribution in [3.63, 3.8) is 0 Å². The zero-order valence-corrected chi connectivity index (χ0v) is 6.50. The van der Waals surface area contributed by atoms with Crippen LogP contribution in [0.2, 0.25) is 0 Å². The summed E-state index contributed by atoms with van der Waals surface area (Å²) in [6.07, 6.45) is 0.0793. The fourth-order valence-electron chi connectivity index (χ4n) is 0.592.